The predicted octanol–water partition coefficient (Wildman–Crippen LogP) is 1.99. The second kappa shape index (κ2) is 7.75. The summed E-state index contributed by atoms with van der Waals surface area (Å²) in [5.41, 5.74) is 1.73. The zero-order chi connectivity index (χ0) is 19.6. The van der Waals surface area contributed by atoms with Gasteiger partial charge in [0.05, 0.1) is 23.4 Å². The molecule has 2 aromatic rings. The van der Waals surface area contributed by atoms with E-state index in [9.17, 15) is 14.4 Å². The van der Waals surface area contributed by atoms with Gasteiger partial charge in [-0.2, -0.15) is 0 Å². The highest BCUT2D eigenvalue weighted by molar-refractivity contribution is 6.21. The lowest BCUT2D eigenvalue weighted by molar-refractivity contribution is -0.121. The number of carbonyl (C=O) groups is 3. The molecule has 3 rings (SSSR count). The Hall–Kier alpha value is -2.93. The fourth-order valence-electron chi connectivity index (χ4n) is 3.14. The van der Waals surface area contributed by atoms with Crippen molar-refractivity contribution in [2.45, 2.75) is 19.4 Å². The number of aryl methyl sites for hydroxylation is 1. The van der Waals surface area contributed by atoms with Crippen molar-refractivity contribution in [3.8, 4) is 0 Å². The Labute approximate surface area is 157 Å². The van der Waals surface area contributed by atoms with Gasteiger partial charge in [-0.3, -0.25) is 24.2 Å². The highest BCUT2D eigenvalue weighted by Gasteiger charge is 2.35. The van der Waals surface area contributed by atoms with E-state index in [1.54, 1.807) is 30.5 Å². The zero-order valence-electron chi connectivity index (χ0n) is 15.7. The number of rotatable bonds is 7. The summed E-state index contributed by atoms with van der Waals surface area (Å²) in [6.07, 6.45) is 1.65. The van der Waals surface area contributed by atoms with Crippen molar-refractivity contribution in [1.82, 2.24) is 15.1 Å². The molecule has 1 aliphatic heterocycles. The van der Waals surface area contributed by atoms with Crippen molar-refractivity contribution in [2.75, 3.05) is 27.2 Å². The molecule has 0 spiro atoms. The molecule has 0 bridgehead atoms. The summed E-state index contributed by atoms with van der Waals surface area (Å²) in [7, 11) is 3.81. The number of hydrogen-bond acceptors (Lipinski definition) is 5. The highest BCUT2D eigenvalue weighted by Crippen LogP contribution is 2.24. The number of benzene rings is 1. The third-order valence-corrected chi connectivity index (χ3v) is 4.68. The molecular weight excluding hydrogens is 346 g/mol. The van der Waals surface area contributed by atoms with Gasteiger partial charge >= 0.3 is 0 Å². The van der Waals surface area contributed by atoms with Crippen LogP contribution in [0.3, 0.4) is 0 Å². The minimum absolute atomic E-state index is 0.0583. The molecule has 142 valence electrons. The quantitative estimate of drug-likeness (QED) is 0.755. The first-order valence-corrected chi connectivity index (χ1v) is 8.82. The number of carbonyl (C=O) groups excluding carboxylic acids is 3. The lowest BCUT2D eigenvalue weighted by Crippen LogP contribution is -2.37. The van der Waals surface area contributed by atoms with Crippen LogP contribution < -0.4 is 5.32 Å². The largest absolute Gasteiger partial charge is 0.468 e. The molecule has 7 nitrogen and oxygen atoms in total. The molecule has 0 fully saturated rings. The number of imide groups is 1. The summed E-state index contributed by atoms with van der Waals surface area (Å²) in [6, 6.07) is 8.74. The van der Waals surface area contributed by atoms with Crippen LogP contribution in [0, 0.1) is 6.92 Å². The Bertz CT molecular complexity index is 858. The molecule has 0 saturated carbocycles. The average molecular weight is 369 g/mol. The van der Waals surface area contributed by atoms with Gasteiger partial charge in [0.2, 0.25) is 5.91 Å². The van der Waals surface area contributed by atoms with Crippen LogP contribution in [-0.4, -0.2) is 54.7 Å². The van der Waals surface area contributed by atoms with E-state index in [2.05, 4.69) is 5.32 Å². The van der Waals surface area contributed by atoms with E-state index >= 15 is 0 Å². The van der Waals surface area contributed by atoms with Gasteiger partial charge < -0.3 is 9.73 Å². The number of fused-ring (bicyclic) bond motifs is 1. The zero-order valence-corrected chi connectivity index (χ0v) is 15.7. The third-order valence-electron chi connectivity index (χ3n) is 4.68. The Morgan fingerprint density at radius 3 is 2.59 bits per heavy atom. The van der Waals surface area contributed by atoms with E-state index in [-0.39, 0.29) is 36.7 Å². The molecule has 1 N–H and O–H groups in total. The lowest BCUT2D eigenvalue weighted by atomic mass is 10.1. The Morgan fingerprint density at radius 1 is 1.19 bits per heavy atom. The first-order chi connectivity index (χ1) is 12.9. The summed E-state index contributed by atoms with van der Waals surface area (Å²) < 4.78 is 5.41. The van der Waals surface area contributed by atoms with Gasteiger partial charge in [0, 0.05) is 19.5 Å². The van der Waals surface area contributed by atoms with Crippen LogP contribution in [0.5, 0.6) is 0 Å². The van der Waals surface area contributed by atoms with Gasteiger partial charge in [-0.15, -0.1) is 0 Å². The van der Waals surface area contributed by atoms with Gasteiger partial charge in [-0.25, -0.2) is 0 Å². The first kappa shape index (κ1) is 18.8. The van der Waals surface area contributed by atoms with Gasteiger partial charge in [0.25, 0.3) is 11.8 Å². The lowest BCUT2D eigenvalue weighted by Gasteiger charge is -2.22. The molecule has 0 aliphatic carbocycles. The Morgan fingerprint density at radius 2 is 1.93 bits per heavy atom. The van der Waals surface area contributed by atoms with Crippen molar-refractivity contribution in [3.05, 3.63) is 59.0 Å². The van der Waals surface area contributed by atoms with Crippen LogP contribution in [0.4, 0.5) is 0 Å². The molecule has 1 aromatic heterocycles. The standard InChI is InChI=1S/C20H23N3O4/c1-13-6-7-14-15(11-13)20(26)23(19(14)25)9-8-18(24)21-12-16(22(2)3)17-5-4-10-27-17/h4-7,10-11,16H,8-9,12H2,1-3H3,(H,21,24). The molecule has 0 radical (unpaired) electrons. The highest BCUT2D eigenvalue weighted by atomic mass is 16.3. The molecule has 2 heterocycles. The molecule has 0 saturated heterocycles. The van der Waals surface area contributed by atoms with E-state index in [0.717, 1.165) is 16.2 Å². The molecule has 1 atom stereocenters. The molecular formula is C20H23N3O4. The van der Waals surface area contributed by atoms with Crippen molar-refractivity contribution in [2.24, 2.45) is 0 Å². The van der Waals surface area contributed by atoms with Gasteiger partial charge in [0.15, 0.2) is 0 Å². The van der Waals surface area contributed by atoms with E-state index < -0.39 is 0 Å². The fourth-order valence-corrected chi connectivity index (χ4v) is 3.14. The third kappa shape index (κ3) is 3.93. The van der Waals surface area contributed by atoms with Crippen LogP contribution in [0.25, 0.3) is 0 Å². The normalized spacial score (nSPS) is 14.6. The molecule has 3 amide bonds. The summed E-state index contributed by atoms with van der Waals surface area (Å²) in [4.78, 5) is 40.1. The van der Waals surface area contributed by atoms with Gasteiger partial charge in [-0.1, -0.05) is 11.6 Å². The number of furan rings is 1. The second-order valence-electron chi connectivity index (χ2n) is 6.86. The van der Waals surface area contributed by atoms with Crippen molar-refractivity contribution >= 4 is 17.7 Å². The van der Waals surface area contributed by atoms with Crippen LogP contribution in [0.1, 0.15) is 44.5 Å². The predicted molar refractivity (Wildman–Crippen MR) is 99.3 cm³/mol. The van der Waals surface area contributed by atoms with E-state index in [0.29, 0.717) is 17.7 Å². The smallest absolute Gasteiger partial charge is 0.261 e. The van der Waals surface area contributed by atoms with E-state index in [1.165, 1.54) is 0 Å². The first-order valence-electron chi connectivity index (χ1n) is 8.82. The molecule has 1 aromatic carbocycles. The number of amides is 3. The molecule has 7 heteroatoms. The van der Waals surface area contributed by atoms with Gasteiger partial charge in [0.1, 0.15) is 5.76 Å². The minimum Gasteiger partial charge on any atom is -0.468 e. The van der Waals surface area contributed by atoms with Crippen molar-refractivity contribution in [3.63, 3.8) is 0 Å². The topological polar surface area (TPSA) is 82.9 Å². The van der Waals surface area contributed by atoms with Crippen LogP contribution in [-0.2, 0) is 4.79 Å². The Kier molecular flexibility index (Phi) is 5.41. The fraction of sp³-hybridized carbons (Fsp3) is 0.350. The maximum absolute atomic E-state index is 12.4. The summed E-state index contributed by atoms with van der Waals surface area (Å²) in [5, 5.41) is 2.85. The maximum Gasteiger partial charge on any atom is 0.261 e. The van der Waals surface area contributed by atoms with Crippen molar-refractivity contribution in [1.29, 1.82) is 0 Å². The second-order valence-corrected chi connectivity index (χ2v) is 6.86. The van der Waals surface area contributed by atoms with Crippen LogP contribution >= 0.6 is 0 Å². The van der Waals surface area contributed by atoms with Gasteiger partial charge in [-0.05, 0) is 45.3 Å². The summed E-state index contributed by atoms with van der Waals surface area (Å²) in [6.45, 7) is 2.31. The Balaban J connectivity index is 1.55. The molecule has 1 aliphatic rings. The van der Waals surface area contributed by atoms with Crippen molar-refractivity contribution < 1.29 is 18.8 Å². The number of likely N-dealkylation sites (N-methyl/N-ethyl adjacent to an activating group) is 1. The average Bonchev–Trinajstić information content (AvgIpc) is 3.22. The maximum atomic E-state index is 12.4. The molecule has 1 unspecified atom stereocenters. The SMILES string of the molecule is Cc1ccc2c(c1)C(=O)N(CCC(=O)NCC(c1ccco1)N(C)C)C2=O. The molecule has 27 heavy (non-hydrogen) atoms. The van der Waals surface area contributed by atoms with Crippen LogP contribution in [0.2, 0.25) is 0 Å². The summed E-state index contributed by atoms with van der Waals surface area (Å²) >= 11 is 0. The van der Waals surface area contributed by atoms with Crippen LogP contribution in [0.15, 0.2) is 41.0 Å². The van der Waals surface area contributed by atoms with E-state index in [1.807, 2.05) is 32.0 Å². The number of nitrogens with one attached hydrogen (secondary N) is 1. The monoisotopic (exact) mass is 369 g/mol. The number of nitrogens with zero attached hydrogens (tertiary/aromatic N) is 2. The number of hydrogen-bond donors (Lipinski definition) is 1. The summed E-state index contributed by atoms with van der Waals surface area (Å²) in [5.74, 6) is -0.144. The van der Waals surface area contributed by atoms with E-state index in [4.69, 9.17) is 4.42 Å². The minimum atomic E-state index is -0.343.